The first-order valence-electron chi connectivity index (χ1n) is 8.18. The molecule has 0 saturated heterocycles. The van der Waals surface area contributed by atoms with E-state index in [1.165, 1.54) is 12.8 Å². The van der Waals surface area contributed by atoms with E-state index in [1.54, 1.807) is 7.11 Å². The van der Waals surface area contributed by atoms with E-state index >= 15 is 0 Å². The molecule has 0 aromatic rings. The summed E-state index contributed by atoms with van der Waals surface area (Å²) in [7, 11) is 3.86. The number of esters is 1. The first-order valence-corrected chi connectivity index (χ1v) is 8.18. The number of likely N-dealkylation sites (N-methyl/N-ethyl adjacent to an activating group) is 1. The van der Waals surface area contributed by atoms with Crippen LogP contribution in [0.25, 0.3) is 0 Å². The fraction of sp³-hybridized carbons (Fsp3) is 0.938. The zero-order chi connectivity index (χ0) is 15.5. The maximum atomic E-state index is 12.5. The molecule has 2 rings (SSSR count). The van der Waals surface area contributed by atoms with Gasteiger partial charge in [0.1, 0.15) is 5.54 Å². The average Bonchev–Trinajstić information content (AvgIpc) is 3.15. The van der Waals surface area contributed by atoms with Gasteiger partial charge in [0.05, 0.1) is 13.2 Å². The van der Waals surface area contributed by atoms with Gasteiger partial charge in [0.25, 0.3) is 0 Å². The summed E-state index contributed by atoms with van der Waals surface area (Å²) >= 11 is 0. The summed E-state index contributed by atoms with van der Waals surface area (Å²) in [6, 6.07) is 1.28. The topological polar surface area (TPSA) is 50.8 Å². The van der Waals surface area contributed by atoms with Crippen LogP contribution in [0.5, 0.6) is 0 Å². The molecule has 122 valence electrons. The number of carbonyl (C=O) groups is 1. The van der Waals surface area contributed by atoms with Gasteiger partial charge in [-0.05, 0) is 53.0 Å². The van der Waals surface area contributed by atoms with E-state index in [0.29, 0.717) is 24.7 Å². The molecule has 0 aromatic heterocycles. The minimum absolute atomic E-state index is 0.0628. The molecule has 2 aliphatic carbocycles. The highest BCUT2D eigenvalue weighted by atomic mass is 16.5. The number of ether oxygens (including phenoxy) is 2. The Morgan fingerprint density at radius 3 is 2.71 bits per heavy atom. The number of methoxy groups -OCH3 is 1. The molecule has 1 N–H and O–H groups in total. The van der Waals surface area contributed by atoms with Gasteiger partial charge in [-0.1, -0.05) is 0 Å². The Morgan fingerprint density at radius 2 is 2.14 bits per heavy atom. The molecule has 5 nitrogen and oxygen atoms in total. The Morgan fingerprint density at radius 1 is 1.43 bits per heavy atom. The maximum absolute atomic E-state index is 12.5. The van der Waals surface area contributed by atoms with Gasteiger partial charge in [-0.2, -0.15) is 0 Å². The lowest BCUT2D eigenvalue weighted by Crippen LogP contribution is -2.53. The summed E-state index contributed by atoms with van der Waals surface area (Å²) in [4.78, 5) is 14.8. The zero-order valence-corrected chi connectivity index (χ0v) is 13.9. The molecule has 2 saturated carbocycles. The van der Waals surface area contributed by atoms with Crippen molar-refractivity contribution in [2.75, 3.05) is 27.4 Å². The quantitative estimate of drug-likeness (QED) is 0.689. The van der Waals surface area contributed by atoms with E-state index in [2.05, 4.69) is 24.2 Å². The molecule has 21 heavy (non-hydrogen) atoms. The van der Waals surface area contributed by atoms with Gasteiger partial charge in [-0.3, -0.25) is 15.0 Å². The fourth-order valence-corrected chi connectivity index (χ4v) is 3.35. The Kier molecular flexibility index (Phi) is 5.63. The normalized spacial score (nSPS) is 30.6. The van der Waals surface area contributed by atoms with E-state index < -0.39 is 5.54 Å². The van der Waals surface area contributed by atoms with Crippen LogP contribution < -0.4 is 5.32 Å². The van der Waals surface area contributed by atoms with Crippen LogP contribution in [0.15, 0.2) is 0 Å². The Labute approximate surface area is 128 Å². The molecule has 3 atom stereocenters. The van der Waals surface area contributed by atoms with Gasteiger partial charge >= 0.3 is 5.97 Å². The molecular weight excluding hydrogens is 268 g/mol. The number of rotatable bonds is 8. The molecule has 0 spiro atoms. The molecule has 0 bridgehead atoms. The molecule has 3 unspecified atom stereocenters. The van der Waals surface area contributed by atoms with Crippen LogP contribution in [0.4, 0.5) is 0 Å². The third kappa shape index (κ3) is 3.96. The van der Waals surface area contributed by atoms with Gasteiger partial charge in [0.2, 0.25) is 0 Å². The molecule has 0 amide bonds. The van der Waals surface area contributed by atoms with Crippen molar-refractivity contribution < 1.29 is 14.3 Å². The highest BCUT2D eigenvalue weighted by Gasteiger charge is 2.50. The number of carbonyl (C=O) groups excluding carboxylic acids is 1. The van der Waals surface area contributed by atoms with E-state index in [4.69, 9.17) is 9.47 Å². The number of hydrogen-bond acceptors (Lipinski definition) is 5. The first-order chi connectivity index (χ1) is 10.0. The van der Waals surface area contributed by atoms with Crippen LogP contribution in [0.3, 0.4) is 0 Å². The highest BCUT2D eigenvalue weighted by molar-refractivity contribution is 5.81. The molecule has 0 radical (unpaired) electrons. The molecule has 0 aliphatic heterocycles. The van der Waals surface area contributed by atoms with Crippen molar-refractivity contribution in [3.63, 3.8) is 0 Å². The second-order valence-corrected chi connectivity index (χ2v) is 6.59. The van der Waals surface area contributed by atoms with Crippen LogP contribution in [0.1, 0.15) is 46.0 Å². The molecule has 2 fully saturated rings. The van der Waals surface area contributed by atoms with Gasteiger partial charge in [-0.15, -0.1) is 0 Å². The van der Waals surface area contributed by atoms with Gasteiger partial charge in [-0.25, -0.2) is 0 Å². The molecule has 5 heteroatoms. The van der Waals surface area contributed by atoms with Crippen molar-refractivity contribution in [1.82, 2.24) is 10.2 Å². The SMILES string of the molecule is CCOC(=O)C1(NC2CC2)CCC(N(C)C(C)COC)C1. The summed E-state index contributed by atoms with van der Waals surface area (Å²) in [6.45, 7) is 5.22. The predicted molar refractivity (Wildman–Crippen MR) is 82.3 cm³/mol. The van der Waals surface area contributed by atoms with Crippen LogP contribution in [-0.4, -0.2) is 61.9 Å². The third-order valence-electron chi connectivity index (χ3n) is 4.89. The van der Waals surface area contributed by atoms with Crippen molar-refractivity contribution in [3.05, 3.63) is 0 Å². The van der Waals surface area contributed by atoms with Crippen molar-refractivity contribution >= 4 is 5.97 Å². The maximum Gasteiger partial charge on any atom is 0.326 e. The third-order valence-corrected chi connectivity index (χ3v) is 4.89. The minimum atomic E-state index is -0.469. The van der Waals surface area contributed by atoms with E-state index in [0.717, 1.165) is 25.9 Å². The Balaban J connectivity index is 2.01. The van der Waals surface area contributed by atoms with E-state index in [9.17, 15) is 4.79 Å². The summed E-state index contributed by atoms with van der Waals surface area (Å²) < 4.78 is 10.6. The summed E-state index contributed by atoms with van der Waals surface area (Å²) in [5.41, 5.74) is -0.469. The number of nitrogens with one attached hydrogen (secondary N) is 1. The predicted octanol–water partition coefficient (Wildman–Crippen LogP) is 1.56. The second-order valence-electron chi connectivity index (χ2n) is 6.59. The Bertz CT molecular complexity index is 359. The molecule has 0 aromatic carbocycles. The summed E-state index contributed by atoms with van der Waals surface area (Å²) in [5.74, 6) is -0.0628. The van der Waals surface area contributed by atoms with E-state index in [1.807, 2.05) is 6.92 Å². The molecule has 0 heterocycles. The lowest BCUT2D eigenvalue weighted by atomic mass is 9.96. The average molecular weight is 298 g/mol. The van der Waals surface area contributed by atoms with Gasteiger partial charge in [0.15, 0.2) is 0 Å². The number of nitrogens with zero attached hydrogens (tertiary/aromatic N) is 1. The van der Waals surface area contributed by atoms with Crippen LogP contribution >= 0.6 is 0 Å². The number of hydrogen-bond donors (Lipinski definition) is 1. The second kappa shape index (κ2) is 7.07. The molecule has 2 aliphatic rings. The van der Waals surface area contributed by atoms with Crippen molar-refractivity contribution in [3.8, 4) is 0 Å². The lowest BCUT2D eigenvalue weighted by molar-refractivity contribution is -0.151. The summed E-state index contributed by atoms with van der Waals surface area (Å²) in [6.07, 6.45) is 5.11. The van der Waals surface area contributed by atoms with Crippen molar-refractivity contribution in [2.45, 2.75) is 69.6 Å². The molecular formula is C16H30N2O3. The lowest BCUT2D eigenvalue weighted by Gasteiger charge is -2.33. The van der Waals surface area contributed by atoms with Crippen molar-refractivity contribution in [1.29, 1.82) is 0 Å². The van der Waals surface area contributed by atoms with Gasteiger partial charge in [0, 0.05) is 25.2 Å². The largest absolute Gasteiger partial charge is 0.465 e. The van der Waals surface area contributed by atoms with Gasteiger partial charge < -0.3 is 9.47 Å². The van der Waals surface area contributed by atoms with E-state index in [-0.39, 0.29) is 5.97 Å². The minimum Gasteiger partial charge on any atom is -0.465 e. The summed E-state index contributed by atoms with van der Waals surface area (Å²) in [5, 5.41) is 3.57. The van der Waals surface area contributed by atoms with Crippen molar-refractivity contribution in [2.24, 2.45) is 0 Å². The van der Waals surface area contributed by atoms with Crippen LogP contribution in [0, 0.1) is 0 Å². The van der Waals surface area contributed by atoms with Crippen LogP contribution in [0.2, 0.25) is 0 Å². The standard InChI is InChI=1S/C16H30N2O3/c1-5-21-15(19)16(17-13-6-7-13)9-8-14(10-16)18(3)12(2)11-20-4/h12-14,17H,5-11H2,1-4H3. The Hall–Kier alpha value is -0.650. The monoisotopic (exact) mass is 298 g/mol. The zero-order valence-electron chi connectivity index (χ0n) is 13.9. The smallest absolute Gasteiger partial charge is 0.326 e. The first kappa shape index (κ1) is 16.7. The highest BCUT2D eigenvalue weighted by Crippen LogP contribution is 2.37. The fourth-order valence-electron chi connectivity index (χ4n) is 3.35. The van der Waals surface area contributed by atoms with Crippen LogP contribution in [-0.2, 0) is 14.3 Å².